The van der Waals surface area contributed by atoms with E-state index in [4.69, 9.17) is 4.42 Å². The van der Waals surface area contributed by atoms with Crippen LogP contribution in [0.15, 0.2) is 16.5 Å². The highest BCUT2D eigenvalue weighted by Gasteiger charge is 2.38. The average Bonchev–Trinajstić information content (AvgIpc) is 2.82. The van der Waals surface area contributed by atoms with Crippen LogP contribution in [0.1, 0.15) is 69.2 Å². The molecule has 2 rings (SSSR count). The molecule has 0 amide bonds. The number of esters is 1. The molecular weight excluding hydrogens is 268 g/mol. The van der Waals surface area contributed by atoms with Gasteiger partial charge in [-0.1, -0.05) is 20.8 Å². The average molecular weight is 294 g/mol. The second kappa shape index (κ2) is 5.84. The van der Waals surface area contributed by atoms with E-state index < -0.39 is 11.6 Å². The fraction of sp³-hybridized carbons (Fsp3) is 0.706. The van der Waals surface area contributed by atoms with E-state index in [9.17, 15) is 9.90 Å². The highest BCUT2D eigenvalue weighted by atomic mass is 16.5. The van der Waals surface area contributed by atoms with Crippen LogP contribution in [-0.2, 0) is 10.3 Å². The molecule has 4 nitrogen and oxygen atoms in total. The Labute approximate surface area is 126 Å². The van der Waals surface area contributed by atoms with Gasteiger partial charge in [-0.05, 0) is 55.6 Å². The van der Waals surface area contributed by atoms with Gasteiger partial charge in [-0.25, -0.2) is 4.79 Å². The summed E-state index contributed by atoms with van der Waals surface area (Å²) in [4.78, 5) is 11.5. The van der Waals surface area contributed by atoms with Gasteiger partial charge >= 0.3 is 5.97 Å². The molecule has 0 bridgehead atoms. The van der Waals surface area contributed by atoms with Gasteiger partial charge in [0, 0.05) is 0 Å². The zero-order valence-electron chi connectivity index (χ0n) is 13.4. The summed E-state index contributed by atoms with van der Waals surface area (Å²) >= 11 is 0. The Bertz CT molecular complexity index is 497. The van der Waals surface area contributed by atoms with E-state index in [1.165, 1.54) is 7.11 Å². The first-order valence-corrected chi connectivity index (χ1v) is 7.67. The van der Waals surface area contributed by atoms with E-state index in [-0.39, 0.29) is 11.2 Å². The SMILES string of the molecule is COC(=O)c1ccc(C2(O)CCCC(C(C)(C)C)CC2)o1. The van der Waals surface area contributed by atoms with Crippen LogP contribution in [0.3, 0.4) is 0 Å². The van der Waals surface area contributed by atoms with Crippen molar-refractivity contribution in [2.75, 3.05) is 7.11 Å². The predicted molar refractivity (Wildman–Crippen MR) is 80.0 cm³/mol. The molecule has 2 unspecified atom stereocenters. The lowest BCUT2D eigenvalue weighted by molar-refractivity contribution is -0.00397. The van der Waals surface area contributed by atoms with Crippen molar-refractivity contribution in [2.24, 2.45) is 11.3 Å². The van der Waals surface area contributed by atoms with Gasteiger partial charge in [0.15, 0.2) is 0 Å². The van der Waals surface area contributed by atoms with Crippen molar-refractivity contribution in [2.45, 2.75) is 58.5 Å². The van der Waals surface area contributed by atoms with Gasteiger partial charge in [0.05, 0.1) is 7.11 Å². The fourth-order valence-electron chi connectivity index (χ4n) is 3.23. The van der Waals surface area contributed by atoms with Crippen molar-refractivity contribution in [1.29, 1.82) is 0 Å². The highest BCUT2D eigenvalue weighted by Crippen LogP contribution is 2.43. The van der Waals surface area contributed by atoms with Crippen LogP contribution in [-0.4, -0.2) is 18.2 Å². The maximum Gasteiger partial charge on any atom is 0.373 e. The molecule has 4 heteroatoms. The summed E-state index contributed by atoms with van der Waals surface area (Å²) in [6.07, 6.45) is 4.40. The largest absolute Gasteiger partial charge is 0.463 e. The summed E-state index contributed by atoms with van der Waals surface area (Å²) in [6.45, 7) is 6.76. The monoisotopic (exact) mass is 294 g/mol. The first kappa shape index (κ1) is 16.1. The van der Waals surface area contributed by atoms with Crippen LogP contribution in [0, 0.1) is 11.3 Å². The van der Waals surface area contributed by atoms with Crippen molar-refractivity contribution in [3.63, 3.8) is 0 Å². The van der Waals surface area contributed by atoms with Crippen LogP contribution in [0.2, 0.25) is 0 Å². The summed E-state index contributed by atoms with van der Waals surface area (Å²) in [6, 6.07) is 3.27. The third-order valence-electron chi connectivity index (χ3n) is 4.73. The molecule has 1 aliphatic carbocycles. The van der Waals surface area contributed by atoms with Crippen LogP contribution < -0.4 is 0 Å². The number of aliphatic hydroxyl groups is 1. The standard InChI is InChI=1S/C17H26O4/c1-16(2,3)12-6-5-10-17(19,11-9-12)14-8-7-13(21-14)15(18)20-4/h7-8,12,19H,5-6,9-11H2,1-4H3. The quantitative estimate of drug-likeness (QED) is 0.664. The van der Waals surface area contributed by atoms with Crippen molar-refractivity contribution in [3.05, 3.63) is 23.7 Å². The maximum absolute atomic E-state index is 11.5. The smallest absolute Gasteiger partial charge is 0.373 e. The van der Waals surface area contributed by atoms with Crippen molar-refractivity contribution in [1.82, 2.24) is 0 Å². The van der Waals surface area contributed by atoms with E-state index in [0.29, 0.717) is 24.5 Å². The molecule has 2 atom stereocenters. The Kier molecular flexibility index (Phi) is 4.47. The second-order valence-electron chi connectivity index (χ2n) is 7.18. The first-order valence-electron chi connectivity index (χ1n) is 7.67. The normalized spacial score (nSPS) is 27.2. The number of carbonyl (C=O) groups excluding carboxylic acids is 1. The lowest BCUT2D eigenvalue weighted by Gasteiger charge is -2.30. The summed E-state index contributed by atoms with van der Waals surface area (Å²) in [5.41, 5.74) is -0.710. The molecule has 1 aromatic heterocycles. The molecule has 0 aromatic carbocycles. The third kappa shape index (κ3) is 3.49. The minimum absolute atomic E-state index is 0.151. The molecule has 118 valence electrons. The van der Waals surface area contributed by atoms with Gasteiger partial charge in [0.1, 0.15) is 11.4 Å². The number of hydrogen-bond acceptors (Lipinski definition) is 4. The van der Waals surface area contributed by atoms with Gasteiger partial charge in [-0.15, -0.1) is 0 Å². The van der Waals surface area contributed by atoms with Gasteiger partial charge < -0.3 is 14.3 Å². The zero-order valence-corrected chi connectivity index (χ0v) is 13.4. The van der Waals surface area contributed by atoms with Crippen LogP contribution in [0.4, 0.5) is 0 Å². The molecule has 21 heavy (non-hydrogen) atoms. The Morgan fingerprint density at radius 2 is 2.05 bits per heavy atom. The number of carbonyl (C=O) groups is 1. The number of ether oxygens (including phenoxy) is 1. The van der Waals surface area contributed by atoms with Gasteiger partial charge in [-0.2, -0.15) is 0 Å². The van der Waals surface area contributed by atoms with Gasteiger partial charge in [-0.3, -0.25) is 0 Å². The lowest BCUT2D eigenvalue weighted by atomic mass is 9.76. The number of methoxy groups -OCH3 is 1. The molecule has 0 radical (unpaired) electrons. The molecular formula is C17H26O4. The van der Waals surface area contributed by atoms with Crippen molar-refractivity contribution in [3.8, 4) is 0 Å². The summed E-state index contributed by atoms with van der Waals surface area (Å²) in [5, 5.41) is 10.9. The van der Waals surface area contributed by atoms with Gasteiger partial charge in [0.2, 0.25) is 5.76 Å². The number of furan rings is 1. The Morgan fingerprint density at radius 1 is 1.33 bits per heavy atom. The molecule has 1 heterocycles. The fourth-order valence-corrected chi connectivity index (χ4v) is 3.23. The number of rotatable bonds is 2. The molecule has 0 saturated heterocycles. The summed E-state index contributed by atoms with van der Waals surface area (Å²) in [7, 11) is 1.32. The number of hydrogen-bond donors (Lipinski definition) is 1. The molecule has 1 saturated carbocycles. The van der Waals surface area contributed by atoms with Crippen molar-refractivity contribution < 1.29 is 19.1 Å². The van der Waals surface area contributed by atoms with E-state index >= 15 is 0 Å². The van der Waals surface area contributed by atoms with Crippen LogP contribution in [0.5, 0.6) is 0 Å². The zero-order chi connectivity index (χ0) is 15.7. The molecule has 0 spiro atoms. The lowest BCUT2D eigenvalue weighted by Crippen LogP contribution is -2.25. The maximum atomic E-state index is 11.5. The Balaban J connectivity index is 2.15. The van der Waals surface area contributed by atoms with Crippen molar-refractivity contribution >= 4 is 5.97 Å². The Hall–Kier alpha value is -1.29. The predicted octanol–water partition coefficient (Wildman–Crippen LogP) is 3.88. The van der Waals surface area contributed by atoms with Crippen LogP contribution in [0.25, 0.3) is 0 Å². The van der Waals surface area contributed by atoms with E-state index in [1.807, 2.05) is 0 Å². The Morgan fingerprint density at radius 3 is 2.67 bits per heavy atom. The summed E-state index contributed by atoms with van der Waals surface area (Å²) in [5.74, 6) is 0.725. The minimum atomic E-state index is -0.966. The molecule has 1 aliphatic rings. The van der Waals surface area contributed by atoms with E-state index in [2.05, 4.69) is 25.5 Å². The van der Waals surface area contributed by atoms with E-state index in [1.54, 1.807) is 12.1 Å². The second-order valence-corrected chi connectivity index (χ2v) is 7.18. The molecule has 0 aliphatic heterocycles. The first-order chi connectivity index (χ1) is 9.76. The van der Waals surface area contributed by atoms with Crippen LogP contribution >= 0.6 is 0 Å². The summed E-state index contributed by atoms with van der Waals surface area (Å²) < 4.78 is 10.2. The molecule has 1 aromatic rings. The topological polar surface area (TPSA) is 59.7 Å². The molecule has 1 fully saturated rings. The molecule has 1 N–H and O–H groups in total. The third-order valence-corrected chi connectivity index (χ3v) is 4.73. The van der Waals surface area contributed by atoms with E-state index in [0.717, 1.165) is 19.3 Å². The highest BCUT2D eigenvalue weighted by molar-refractivity contribution is 5.86. The minimum Gasteiger partial charge on any atom is -0.463 e. The van der Waals surface area contributed by atoms with Gasteiger partial charge in [0.25, 0.3) is 0 Å².